The van der Waals surface area contributed by atoms with Gasteiger partial charge in [-0.2, -0.15) is 0 Å². The van der Waals surface area contributed by atoms with Crippen molar-refractivity contribution in [2.24, 2.45) is 0 Å². The van der Waals surface area contributed by atoms with Gasteiger partial charge in [0.05, 0.1) is 15.2 Å². The first-order chi connectivity index (χ1) is 8.83. The van der Waals surface area contributed by atoms with Crippen LogP contribution in [0.2, 0.25) is 5.02 Å². The van der Waals surface area contributed by atoms with Crippen molar-refractivity contribution in [1.82, 2.24) is 5.32 Å². The van der Waals surface area contributed by atoms with Gasteiger partial charge in [0.1, 0.15) is 0 Å². The molecule has 106 valence electrons. The summed E-state index contributed by atoms with van der Waals surface area (Å²) in [6.07, 6.45) is 2.25. The Morgan fingerprint density at radius 1 is 1.37 bits per heavy atom. The number of halogens is 1. The molecule has 0 radical (unpaired) electrons. The molecule has 1 fully saturated rings. The van der Waals surface area contributed by atoms with Crippen molar-refractivity contribution in [3.05, 3.63) is 28.8 Å². The molecular formula is C14H20ClNO2S. The van der Waals surface area contributed by atoms with Crippen LogP contribution in [-0.2, 0) is 15.3 Å². The summed E-state index contributed by atoms with van der Waals surface area (Å²) in [5.41, 5.74) is 1.29. The van der Waals surface area contributed by atoms with E-state index in [1.54, 1.807) is 19.9 Å². The smallest absolute Gasteiger partial charge is 0.182 e. The highest BCUT2D eigenvalue weighted by Gasteiger charge is 2.43. The average molecular weight is 302 g/mol. The molecule has 1 aromatic rings. The summed E-state index contributed by atoms with van der Waals surface area (Å²) in [5.74, 6) is 0. The Kier molecular flexibility index (Phi) is 3.96. The standard InChI is InChI=1S/C14H20ClNO2S/c1-10(2)19(17,18)13-5-4-11(8-12(13)15)14(6-7-14)9-16-3/h4-5,8,10,16H,6-7,9H2,1-3H3. The Morgan fingerprint density at radius 2 is 2.00 bits per heavy atom. The monoisotopic (exact) mass is 301 g/mol. The number of rotatable bonds is 5. The second-order valence-corrected chi connectivity index (χ2v) is 8.43. The first-order valence-corrected chi connectivity index (χ1v) is 8.44. The summed E-state index contributed by atoms with van der Waals surface area (Å²) in [6, 6.07) is 5.38. The molecular weight excluding hydrogens is 282 g/mol. The molecule has 0 bridgehead atoms. The molecule has 1 aromatic carbocycles. The minimum Gasteiger partial charge on any atom is -0.319 e. The Bertz CT molecular complexity index is 577. The van der Waals surface area contributed by atoms with E-state index in [9.17, 15) is 8.42 Å². The largest absolute Gasteiger partial charge is 0.319 e. The number of nitrogens with one attached hydrogen (secondary N) is 1. The van der Waals surface area contributed by atoms with Crippen molar-refractivity contribution < 1.29 is 8.42 Å². The summed E-state index contributed by atoms with van der Waals surface area (Å²) in [7, 11) is -1.38. The molecule has 0 heterocycles. The minimum atomic E-state index is -3.31. The third-order valence-electron chi connectivity index (χ3n) is 3.84. The molecule has 1 saturated carbocycles. The van der Waals surface area contributed by atoms with Gasteiger partial charge in [0, 0.05) is 12.0 Å². The van der Waals surface area contributed by atoms with Crippen LogP contribution in [0.5, 0.6) is 0 Å². The Morgan fingerprint density at radius 3 is 2.42 bits per heavy atom. The summed E-state index contributed by atoms with van der Waals surface area (Å²) < 4.78 is 24.3. The Labute approximate surface area is 120 Å². The SMILES string of the molecule is CNCC1(c2ccc(S(=O)(=O)C(C)C)c(Cl)c2)CC1. The maximum atomic E-state index is 12.2. The fraction of sp³-hybridized carbons (Fsp3) is 0.571. The van der Waals surface area contributed by atoms with Crippen LogP contribution < -0.4 is 5.32 Å². The van der Waals surface area contributed by atoms with Crippen LogP contribution in [-0.4, -0.2) is 27.3 Å². The van der Waals surface area contributed by atoms with Gasteiger partial charge < -0.3 is 5.32 Å². The molecule has 2 rings (SSSR count). The number of likely N-dealkylation sites (N-methyl/N-ethyl adjacent to an activating group) is 1. The molecule has 0 unspecified atom stereocenters. The van der Waals surface area contributed by atoms with Crippen LogP contribution in [0.25, 0.3) is 0 Å². The zero-order chi connectivity index (χ0) is 14.3. The summed E-state index contributed by atoms with van der Waals surface area (Å²) in [6.45, 7) is 4.24. The fourth-order valence-corrected chi connectivity index (χ4v) is 3.97. The number of sulfone groups is 1. The van der Waals surface area contributed by atoms with E-state index in [4.69, 9.17) is 11.6 Å². The van der Waals surface area contributed by atoms with E-state index in [1.807, 2.05) is 19.2 Å². The van der Waals surface area contributed by atoms with Crippen LogP contribution in [0.15, 0.2) is 23.1 Å². The van der Waals surface area contributed by atoms with Crippen molar-refractivity contribution in [1.29, 1.82) is 0 Å². The number of hydrogen-bond acceptors (Lipinski definition) is 3. The Balaban J connectivity index is 2.39. The lowest BCUT2D eigenvalue weighted by atomic mass is 9.96. The van der Waals surface area contributed by atoms with Crippen molar-refractivity contribution in [2.45, 2.75) is 42.2 Å². The second kappa shape index (κ2) is 5.08. The highest BCUT2D eigenvalue weighted by molar-refractivity contribution is 7.92. The molecule has 0 spiro atoms. The molecule has 0 saturated heterocycles. The van der Waals surface area contributed by atoms with E-state index in [0.717, 1.165) is 24.9 Å². The maximum Gasteiger partial charge on any atom is 0.182 e. The topological polar surface area (TPSA) is 46.2 Å². The van der Waals surface area contributed by atoms with Crippen LogP contribution in [0.3, 0.4) is 0 Å². The van der Waals surface area contributed by atoms with Gasteiger partial charge in [0.2, 0.25) is 0 Å². The van der Waals surface area contributed by atoms with Crippen molar-refractivity contribution in [3.8, 4) is 0 Å². The summed E-state index contributed by atoms with van der Waals surface area (Å²) in [4.78, 5) is 0.244. The van der Waals surface area contributed by atoms with Gasteiger partial charge in [-0.25, -0.2) is 8.42 Å². The van der Waals surface area contributed by atoms with Gasteiger partial charge in [-0.15, -0.1) is 0 Å². The number of hydrogen-bond donors (Lipinski definition) is 1. The van der Waals surface area contributed by atoms with Gasteiger partial charge >= 0.3 is 0 Å². The van der Waals surface area contributed by atoms with Gasteiger partial charge in [-0.05, 0) is 51.4 Å². The van der Waals surface area contributed by atoms with E-state index >= 15 is 0 Å². The van der Waals surface area contributed by atoms with Gasteiger partial charge in [-0.1, -0.05) is 17.7 Å². The van der Waals surface area contributed by atoms with Crippen molar-refractivity contribution in [3.63, 3.8) is 0 Å². The zero-order valence-electron chi connectivity index (χ0n) is 11.5. The lowest BCUT2D eigenvalue weighted by Gasteiger charge is -2.17. The molecule has 0 aliphatic heterocycles. The molecule has 0 amide bonds. The lowest BCUT2D eigenvalue weighted by molar-refractivity contribution is 0.587. The first-order valence-electron chi connectivity index (χ1n) is 6.52. The van der Waals surface area contributed by atoms with E-state index < -0.39 is 15.1 Å². The van der Waals surface area contributed by atoms with E-state index in [2.05, 4.69) is 5.32 Å². The molecule has 1 N–H and O–H groups in total. The molecule has 5 heteroatoms. The quantitative estimate of drug-likeness (QED) is 0.909. The summed E-state index contributed by atoms with van der Waals surface area (Å²) >= 11 is 6.19. The van der Waals surface area contributed by atoms with E-state index in [-0.39, 0.29) is 10.3 Å². The molecule has 3 nitrogen and oxygen atoms in total. The molecule has 1 aliphatic rings. The van der Waals surface area contributed by atoms with Crippen LogP contribution in [0, 0.1) is 0 Å². The van der Waals surface area contributed by atoms with E-state index in [1.165, 1.54) is 0 Å². The normalized spacial score (nSPS) is 17.7. The zero-order valence-corrected chi connectivity index (χ0v) is 13.1. The lowest BCUT2D eigenvalue weighted by Crippen LogP contribution is -2.23. The highest BCUT2D eigenvalue weighted by atomic mass is 35.5. The molecule has 0 atom stereocenters. The second-order valence-electron chi connectivity index (χ2n) is 5.55. The number of benzene rings is 1. The average Bonchev–Trinajstić information content (AvgIpc) is 3.10. The third kappa shape index (κ3) is 2.67. The van der Waals surface area contributed by atoms with Crippen LogP contribution in [0.4, 0.5) is 0 Å². The van der Waals surface area contributed by atoms with Gasteiger partial charge in [0.15, 0.2) is 9.84 Å². The fourth-order valence-electron chi connectivity index (χ4n) is 2.37. The molecule has 19 heavy (non-hydrogen) atoms. The first kappa shape index (κ1) is 14.8. The van der Waals surface area contributed by atoms with Crippen LogP contribution >= 0.6 is 11.6 Å². The van der Waals surface area contributed by atoms with E-state index in [0.29, 0.717) is 5.02 Å². The molecule has 1 aliphatic carbocycles. The van der Waals surface area contributed by atoms with Crippen molar-refractivity contribution in [2.75, 3.05) is 13.6 Å². The van der Waals surface area contributed by atoms with Crippen molar-refractivity contribution >= 4 is 21.4 Å². The maximum absolute atomic E-state index is 12.2. The Hall–Kier alpha value is -0.580. The third-order valence-corrected chi connectivity index (χ3v) is 6.48. The summed E-state index contributed by atoms with van der Waals surface area (Å²) in [5, 5.41) is 3.08. The minimum absolute atomic E-state index is 0.151. The predicted octanol–water partition coefficient (Wildman–Crippen LogP) is 2.77. The van der Waals surface area contributed by atoms with Crippen LogP contribution in [0.1, 0.15) is 32.3 Å². The van der Waals surface area contributed by atoms with Gasteiger partial charge in [-0.3, -0.25) is 0 Å². The van der Waals surface area contributed by atoms with Gasteiger partial charge in [0.25, 0.3) is 0 Å². The predicted molar refractivity (Wildman–Crippen MR) is 78.6 cm³/mol. The highest BCUT2D eigenvalue weighted by Crippen LogP contribution is 2.48. The molecule has 0 aromatic heterocycles.